The molecule has 70 valence electrons. The third-order valence-corrected chi connectivity index (χ3v) is 1.76. The third kappa shape index (κ3) is 2.24. The van der Waals surface area contributed by atoms with Crippen molar-refractivity contribution < 1.29 is 4.79 Å². The summed E-state index contributed by atoms with van der Waals surface area (Å²) in [5, 5.41) is 0. The second-order valence-corrected chi connectivity index (χ2v) is 3.13. The molecule has 4 nitrogen and oxygen atoms in total. The molecule has 13 heavy (non-hydrogen) atoms. The molecule has 0 atom stereocenters. The minimum Gasteiger partial charge on any atom is -0.301 e. The lowest BCUT2D eigenvalue weighted by Crippen LogP contribution is -2.21. The maximum Gasteiger partial charge on any atom is 0.253 e. The first-order valence-electron chi connectivity index (χ1n) is 4.15. The average Bonchev–Trinajstić information content (AvgIpc) is 2.08. The Bertz CT molecular complexity index is 355. The van der Waals surface area contributed by atoms with E-state index in [9.17, 15) is 9.59 Å². The second kappa shape index (κ2) is 3.98. The van der Waals surface area contributed by atoms with Gasteiger partial charge < -0.3 is 4.79 Å². The molecule has 1 heterocycles. The van der Waals surface area contributed by atoms with Crippen LogP contribution in [-0.2, 0) is 11.3 Å². The van der Waals surface area contributed by atoms with Crippen molar-refractivity contribution in [2.24, 2.45) is 0 Å². The zero-order chi connectivity index (χ0) is 9.84. The van der Waals surface area contributed by atoms with Gasteiger partial charge in [-0.15, -0.1) is 0 Å². The summed E-state index contributed by atoms with van der Waals surface area (Å²) in [6, 6.07) is 1.47. The van der Waals surface area contributed by atoms with Gasteiger partial charge in [0.05, 0.1) is 18.6 Å². The van der Waals surface area contributed by atoms with Gasteiger partial charge in [-0.2, -0.15) is 0 Å². The highest BCUT2D eigenvalue weighted by Crippen LogP contribution is 2.06. The summed E-state index contributed by atoms with van der Waals surface area (Å²) in [5.74, 6) is 0.235. The van der Waals surface area contributed by atoms with Gasteiger partial charge in [0.15, 0.2) is 0 Å². The van der Waals surface area contributed by atoms with Crippen molar-refractivity contribution in [2.45, 2.75) is 26.3 Å². The molecule has 0 saturated carbocycles. The van der Waals surface area contributed by atoms with Gasteiger partial charge in [0.25, 0.3) is 5.56 Å². The highest BCUT2D eigenvalue weighted by atomic mass is 16.1. The van der Waals surface area contributed by atoms with Gasteiger partial charge in [-0.1, -0.05) is 13.8 Å². The monoisotopic (exact) mass is 180 g/mol. The Morgan fingerprint density at radius 2 is 2.31 bits per heavy atom. The van der Waals surface area contributed by atoms with Crippen molar-refractivity contribution in [3.05, 3.63) is 28.4 Å². The quantitative estimate of drug-likeness (QED) is 0.639. The van der Waals surface area contributed by atoms with Crippen LogP contribution in [-0.4, -0.2) is 15.8 Å². The number of hydrogen-bond donors (Lipinski definition) is 0. The van der Waals surface area contributed by atoms with E-state index >= 15 is 0 Å². The lowest BCUT2D eigenvalue weighted by molar-refractivity contribution is -0.108. The Hall–Kier alpha value is -1.45. The van der Waals surface area contributed by atoms with Crippen molar-refractivity contribution >= 4 is 6.29 Å². The van der Waals surface area contributed by atoms with Crippen LogP contribution >= 0.6 is 0 Å². The van der Waals surface area contributed by atoms with Gasteiger partial charge in [0, 0.05) is 6.07 Å². The number of hydrogen-bond acceptors (Lipinski definition) is 3. The van der Waals surface area contributed by atoms with Crippen LogP contribution in [0.1, 0.15) is 25.5 Å². The maximum atomic E-state index is 11.3. The molecule has 1 rings (SSSR count). The summed E-state index contributed by atoms with van der Waals surface area (Å²) in [7, 11) is 0. The van der Waals surface area contributed by atoms with E-state index in [4.69, 9.17) is 0 Å². The van der Waals surface area contributed by atoms with Crippen LogP contribution in [0, 0.1) is 0 Å². The number of aldehydes is 1. The first-order chi connectivity index (χ1) is 6.15. The summed E-state index contributed by atoms with van der Waals surface area (Å²) >= 11 is 0. The standard InChI is InChI=1S/C9H12N2O2/c1-7(2)8-5-9(13)11(3-4-12)6-10-8/h4-7H,3H2,1-2H3. The van der Waals surface area contributed by atoms with E-state index in [2.05, 4.69) is 4.98 Å². The number of carbonyl (C=O) groups excluding carboxylic acids is 1. The highest BCUT2D eigenvalue weighted by molar-refractivity contribution is 5.48. The van der Waals surface area contributed by atoms with Crippen LogP contribution in [0.25, 0.3) is 0 Å². The average molecular weight is 180 g/mol. The van der Waals surface area contributed by atoms with Crippen LogP contribution in [0.4, 0.5) is 0 Å². The molecular formula is C9H12N2O2. The molecule has 0 aromatic carbocycles. The van der Waals surface area contributed by atoms with E-state index in [0.29, 0.717) is 6.29 Å². The fourth-order valence-electron chi connectivity index (χ4n) is 0.973. The predicted octanol–water partition coefficient (Wildman–Crippen LogP) is 0.566. The number of aromatic nitrogens is 2. The largest absolute Gasteiger partial charge is 0.301 e. The number of rotatable bonds is 3. The van der Waals surface area contributed by atoms with Gasteiger partial charge in [-0.25, -0.2) is 4.98 Å². The molecule has 0 unspecified atom stereocenters. The van der Waals surface area contributed by atoms with Crippen LogP contribution in [0.15, 0.2) is 17.2 Å². The molecular weight excluding hydrogens is 168 g/mol. The third-order valence-electron chi connectivity index (χ3n) is 1.76. The van der Waals surface area contributed by atoms with Crippen molar-refractivity contribution in [1.29, 1.82) is 0 Å². The SMILES string of the molecule is CC(C)c1cc(=O)n(CC=O)cn1. The van der Waals surface area contributed by atoms with Crippen LogP contribution in [0.2, 0.25) is 0 Å². The van der Waals surface area contributed by atoms with Crippen molar-refractivity contribution in [3.8, 4) is 0 Å². The number of nitrogens with zero attached hydrogens (tertiary/aromatic N) is 2. The van der Waals surface area contributed by atoms with E-state index in [1.807, 2.05) is 13.8 Å². The first-order valence-corrected chi connectivity index (χ1v) is 4.15. The normalized spacial score (nSPS) is 10.4. The van der Waals surface area contributed by atoms with E-state index in [1.54, 1.807) is 0 Å². The zero-order valence-electron chi connectivity index (χ0n) is 7.73. The molecule has 4 heteroatoms. The fourth-order valence-corrected chi connectivity index (χ4v) is 0.973. The van der Waals surface area contributed by atoms with Gasteiger partial charge in [-0.3, -0.25) is 9.36 Å². The lowest BCUT2D eigenvalue weighted by Gasteiger charge is -2.04. The Balaban J connectivity index is 3.05. The van der Waals surface area contributed by atoms with Gasteiger partial charge in [0.1, 0.15) is 6.29 Å². The van der Waals surface area contributed by atoms with E-state index < -0.39 is 0 Å². The maximum absolute atomic E-state index is 11.3. The Morgan fingerprint density at radius 3 is 2.77 bits per heavy atom. The molecule has 0 aliphatic rings. The molecule has 0 saturated heterocycles. The van der Waals surface area contributed by atoms with E-state index in [-0.39, 0.29) is 18.0 Å². The molecule has 0 amide bonds. The van der Waals surface area contributed by atoms with Gasteiger partial charge in [-0.05, 0) is 5.92 Å². The zero-order valence-corrected chi connectivity index (χ0v) is 7.73. The molecule has 0 N–H and O–H groups in total. The van der Waals surface area contributed by atoms with E-state index in [1.165, 1.54) is 17.0 Å². The molecule has 0 bridgehead atoms. The summed E-state index contributed by atoms with van der Waals surface area (Å²) in [4.78, 5) is 25.5. The fraction of sp³-hybridized carbons (Fsp3) is 0.444. The second-order valence-electron chi connectivity index (χ2n) is 3.13. The Kier molecular flexibility index (Phi) is 2.95. The molecule has 0 aliphatic carbocycles. The minimum atomic E-state index is -0.175. The van der Waals surface area contributed by atoms with Crippen molar-refractivity contribution in [3.63, 3.8) is 0 Å². The molecule has 0 aliphatic heterocycles. The molecule has 0 radical (unpaired) electrons. The number of carbonyl (C=O) groups is 1. The lowest BCUT2D eigenvalue weighted by atomic mass is 10.1. The highest BCUT2D eigenvalue weighted by Gasteiger charge is 2.02. The van der Waals surface area contributed by atoms with Crippen LogP contribution < -0.4 is 5.56 Å². The van der Waals surface area contributed by atoms with Gasteiger partial charge in [0.2, 0.25) is 0 Å². The van der Waals surface area contributed by atoms with Gasteiger partial charge >= 0.3 is 0 Å². The molecule has 0 spiro atoms. The topological polar surface area (TPSA) is 52.0 Å². The predicted molar refractivity (Wildman–Crippen MR) is 48.7 cm³/mol. The summed E-state index contributed by atoms with van der Waals surface area (Å²) in [6.45, 7) is 4.00. The summed E-state index contributed by atoms with van der Waals surface area (Å²) < 4.78 is 1.28. The summed E-state index contributed by atoms with van der Waals surface area (Å²) in [6.07, 6.45) is 2.09. The molecule has 1 aromatic rings. The first kappa shape index (κ1) is 9.64. The van der Waals surface area contributed by atoms with Crippen molar-refractivity contribution in [2.75, 3.05) is 0 Å². The summed E-state index contributed by atoms with van der Waals surface area (Å²) in [5.41, 5.74) is 0.581. The Morgan fingerprint density at radius 1 is 1.62 bits per heavy atom. The van der Waals surface area contributed by atoms with Crippen LogP contribution in [0.3, 0.4) is 0 Å². The van der Waals surface area contributed by atoms with E-state index in [0.717, 1.165) is 5.69 Å². The molecule has 0 fully saturated rings. The minimum absolute atomic E-state index is 0.0736. The smallest absolute Gasteiger partial charge is 0.253 e. The Labute approximate surface area is 76.2 Å². The van der Waals surface area contributed by atoms with Crippen LogP contribution in [0.5, 0.6) is 0 Å². The molecule has 1 aromatic heterocycles. The van der Waals surface area contributed by atoms with Crippen molar-refractivity contribution in [1.82, 2.24) is 9.55 Å².